The molecule has 2 fully saturated rings. The molecule has 0 radical (unpaired) electrons. The number of hydrogen-bond acceptors (Lipinski definition) is 3. The molecule has 3 heterocycles. The molecule has 24 heavy (non-hydrogen) atoms. The Morgan fingerprint density at radius 2 is 2.08 bits per heavy atom. The maximum Gasteiger partial charge on any atom is 0.321 e. The molecule has 6 nitrogen and oxygen atoms in total. The Morgan fingerprint density at radius 1 is 1.29 bits per heavy atom. The topological polar surface area (TPSA) is 53.4 Å². The summed E-state index contributed by atoms with van der Waals surface area (Å²) in [5.74, 6) is 1.48. The molecule has 0 saturated carbocycles. The molecule has 1 aromatic rings. The summed E-state index contributed by atoms with van der Waals surface area (Å²) in [7, 11) is 0. The Kier molecular flexibility index (Phi) is 5.76. The summed E-state index contributed by atoms with van der Waals surface area (Å²) in [6, 6.07) is 0.0163. The molecule has 1 atom stereocenters. The van der Waals surface area contributed by atoms with Crippen LogP contribution >= 0.6 is 0 Å². The van der Waals surface area contributed by atoms with E-state index in [-0.39, 0.29) is 6.03 Å². The van der Waals surface area contributed by atoms with Crippen molar-refractivity contribution < 1.29 is 4.79 Å². The first kappa shape index (κ1) is 17.3. The van der Waals surface area contributed by atoms with Crippen molar-refractivity contribution in [1.82, 2.24) is 19.6 Å². The first-order chi connectivity index (χ1) is 11.6. The minimum Gasteiger partial charge on any atom is -0.324 e. The van der Waals surface area contributed by atoms with Gasteiger partial charge in [0.05, 0.1) is 11.9 Å². The number of carbonyl (C=O) groups is 1. The fourth-order valence-electron chi connectivity index (χ4n) is 3.81. The fourth-order valence-corrected chi connectivity index (χ4v) is 3.81. The maximum absolute atomic E-state index is 12.5. The molecule has 2 aliphatic rings. The van der Waals surface area contributed by atoms with E-state index >= 15 is 0 Å². The zero-order valence-corrected chi connectivity index (χ0v) is 15.1. The van der Waals surface area contributed by atoms with Crippen molar-refractivity contribution in [2.24, 2.45) is 11.8 Å². The minimum atomic E-state index is 0.0163. The molecule has 0 aliphatic carbocycles. The summed E-state index contributed by atoms with van der Waals surface area (Å²) in [5, 5.41) is 7.19. The van der Waals surface area contributed by atoms with Crippen LogP contribution in [0.4, 0.5) is 10.5 Å². The Morgan fingerprint density at radius 3 is 2.79 bits per heavy atom. The van der Waals surface area contributed by atoms with Crippen LogP contribution in [0.2, 0.25) is 0 Å². The monoisotopic (exact) mass is 333 g/mol. The Balaban J connectivity index is 1.48. The largest absolute Gasteiger partial charge is 0.324 e. The molecule has 3 rings (SSSR count). The number of carbonyl (C=O) groups excluding carboxylic acids is 1. The lowest BCUT2D eigenvalue weighted by molar-refractivity contribution is 0.124. The molecule has 0 spiro atoms. The highest BCUT2D eigenvalue weighted by Crippen LogP contribution is 2.22. The first-order valence-corrected chi connectivity index (χ1v) is 9.44. The third-order valence-electron chi connectivity index (χ3n) is 5.41. The number of nitrogens with zero attached hydrogens (tertiary/aromatic N) is 4. The number of rotatable bonds is 4. The third kappa shape index (κ3) is 4.50. The SMILES string of the molecule is CCn1cc(NC(=O)N2CCC[C@@H](CN3CCC(C)CC3)C2)cn1. The van der Waals surface area contributed by atoms with Gasteiger partial charge in [-0.2, -0.15) is 5.10 Å². The van der Waals surface area contributed by atoms with Crippen molar-refractivity contribution in [2.75, 3.05) is 38.0 Å². The highest BCUT2D eigenvalue weighted by Gasteiger charge is 2.26. The molecule has 0 unspecified atom stereocenters. The number of amides is 2. The molecule has 6 heteroatoms. The summed E-state index contributed by atoms with van der Waals surface area (Å²) in [6.45, 7) is 10.5. The van der Waals surface area contributed by atoms with Crippen LogP contribution in [0.3, 0.4) is 0 Å². The van der Waals surface area contributed by atoms with E-state index in [4.69, 9.17) is 0 Å². The molecule has 1 aromatic heterocycles. The van der Waals surface area contributed by atoms with E-state index in [0.29, 0.717) is 5.92 Å². The van der Waals surface area contributed by atoms with E-state index in [1.807, 2.05) is 22.7 Å². The van der Waals surface area contributed by atoms with Gasteiger partial charge in [-0.1, -0.05) is 6.92 Å². The number of hydrogen-bond donors (Lipinski definition) is 1. The standard InChI is InChI=1S/C18H31N5O/c1-3-23-14-17(11-19-23)20-18(24)22-8-4-5-16(13-22)12-21-9-6-15(2)7-10-21/h11,14-16H,3-10,12-13H2,1-2H3,(H,20,24)/t16-/m0/s1. The average Bonchev–Trinajstić information content (AvgIpc) is 3.05. The van der Waals surface area contributed by atoms with Crippen molar-refractivity contribution in [3.63, 3.8) is 0 Å². The van der Waals surface area contributed by atoms with E-state index in [0.717, 1.165) is 44.2 Å². The molecule has 2 amide bonds. The first-order valence-electron chi connectivity index (χ1n) is 9.44. The molecule has 2 saturated heterocycles. The Bertz CT molecular complexity index is 535. The number of piperidine rings is 2. The van der Waals surface area contributed by atoms with Crippen LogP contribution < -0.4 is 5.32 Å². The van der Waals surface area contributed by atoms with Crippen LogP contribution in [0, 0.1) is 11.8 Å². The van der Waals surface area contributed by atoms with Gasteiger partial charge >= 0.3 is 6.03 Å². The Labute approximate surface area is 145 Å². The van der Waals surface area contributed by atoms with Crippen LogP contribution in [-0.4, -0.2) is 58.3 Å². The summed E-state index contributed by atoms with van der Waals surface area (Å²) in [4.78, 5) is 17.1. The maximum atomic E-state index is 12.5. The molecule has 2 aliphatic heterocycles. The lowest BCUT2D eigenvalue weighted by Gasteiger charge is -2.37. The van der Waals surface area contributed by atoms with Gasteiger partial charge in [0.2, 0.25) is 0 Å². The van der Waals surface area contributed by atoms with Crippen molar-refractivity contribution >= 4 is 11.7 Å². The van der Waals surface area contributed by atoms with Gasteiger partial charge in [0.25, 0.3) is 0 Å². The second kappa shape index (κ2) is 8.01. The van der Waals surface area contributed by atoms with Crippen LogP contribution in [0.15, 0.2) is 12.4 Å². The van der Waals surface area contributed by atoms with Crippen molar-refractivity contribution in [2.45, 2.75) is 46.1 Å². The summed E-state index contributed by atoms with van der Waals surface area (Å²) < 4.78 is 1.83. The lowest BCUT2D eigenvalue weighted by Crippen LogP contribution is -2.46. The number of aryl methyl sites for hydroxylation is 1. The summed E-state index contributed by atoms with van der Waals surface area (Å²) in [6.07, 6.45) is 8.59. The van der Waals surface area contributed by atoms with Gasteiger partial charge in [0, 0.05) is 32.4 Å². The molecule has 0 bridgehead atoms. The van der Waals surface area contributed by atoms with Crippen molar-refractivity contribution in [3.8, 4) is 0 Å². The molecular weight excluding hydrogens is 302 g/mol. The van der Waals surface area contributed by atoms with Crippen LogP contribution in [0.25, 0.3) is 0 Å². The van der Waals surface area contributed by atoms with Gasteiger partial charge in [-0.15, -0.1) is 0 Å². The minimum absolute atomic E-state index is 0.0163. The predicted molar refractivity (Wildman–Crippen MR) is 96.1 cm³/mol. The quantitative estimate of drug-likeness (QED) is 0.922. The van der Waals surface area contributed by atoms with Crippen molar-refractivity contribution in [1.29, 1.82) is 0 Å². The zero-order valence-electron chi connectivity index (χ0n) is 15.1. The van der Waals surface area contributed by atoms with Gasteiger partial charge in [0.1, 0.15) is 0 Å². The number of anilines is 1. The number of likely N-dealkylation sites (tertiary alicyclic amines) is 2. The van der Waals surface area contributed by atoms with Crippen LogP contribution in [0.1, 0.15) is 39.5 Å². The van der Waals surface area contributed by atoms with Crippen molar-refractivity contribution in [3.05, 3.63) is 12.4 Å². The second-order valence-corrected chi connectivity index (χ2v) is 7.45. The molecule has 134 valence electrons. The molecular formula is C18H31N5O. The highest BCUT2D eigenvalue weighted by molar-refractivity contribution is 5.89. The van der Waals surface area contributed by atoms with E-state index in [9.17, 15) is 4.79 Å². The average molecular weight is 333 g/mol. The molecule has 1 N–H and O–H groups in total. The summed E-state index contributed by atoms with van der Waals surface area (Å²) in [5.41, 5.74) is 0.786. The number of aromatic nitrogens is 2. The van der Waals surface area contributed by atoms with Crippen LogP contribution in [-0.2, 0) is 6.54 Å². The van der Waals surface area contributed by atoms with Gasteiger partial charge in [-0.05, 0) is 57.5 Å². The number of nitrogens with one attached hydrogen (secondary N) is 1. The van der Waals surface area contributed by atoms with Gasteiger partial charge < -0.3 is 15.1 Å². The van der Waals surface area contributed by atoms with Gasteiger partial charge in [0.15, 0.2) is 0 Å². The highest BCUT2D eigenvalue weighted by atomic mass is 16.2. The normalized spacial score (nSPS) is 23.4. The lowest BCUT2D eigenvalue weighted by atomic mass is 9.94. The third-order valence-corrected chi connectivity index (χ3v) is 5.41. The summed E-state index contributed by atoms with van der Waals surface area (Å²) >= 11 is 0. The van der Waals surface area contributed by atoms with Gasteiger partial charge in [-0.3, -0.25) is 4.68 Å². The Hall–Kier alpha value is -1.56. The van der Waals surface area contributed by atoms with Gasteiger partial charge in [-0.25, -0.2) is 4.79 Å². The number of urea groups is 1. The predicted octanol–water partition coefficient (Wildman–Crippen LogP) is 2.88. The smallest absolute Gasteiger partial charge is 0.321 e. The second-order valence-electron chi connectivity index (χ2n) is 7.45. The molecule has 0 aromatic carbocycles. The van der Waals surface area contributed by atoms with Crippen LogP contribution in [0.5, 0.6) is 0 Å². The van der Waals surface area contributed by atoms with E-state index in [2.05, 4.69) is 22.2 Å². The fraction of sp³-hybridized carbons (Fsp3) is 0.778. The van der Waals surface area contributed by atoms with E-state index < -0.39 is 0 Å². The van der Waals surface area contributed by atoms with E-state index in [1.165, 1.54) is 32.4 Å². The van der Waals surface area contributed by atoms with E-state index in [1.54, 1.807) is 6.20 Å². The zero-order chi connectivity index (χ0) is 16.9.